The highest BCUT2D eigenvalue weighted by atomic mass is 32.2. The summed E-state index contributed by atoms with van der Waals surface area (Å²) in [6.07, 6.45) is -1.58. The van der Waals surface area contributed by atoms with E-state index in [-0.39, 0.29) is 42.5 Å². The molecule has 0 aliphatic carbocycles. The molecule has 0 bridgehead atoms. The zero-order chi connectivity index (χ0) is 26.2. The Kier molecular flexibility index (Phi) is 9.86. The summed E-state index contributed by atoms with van der Waals surface area (Å²) in [7, 11) is -3.90. The van der Waals surface area contributed by atoms with Crippen LogP contribution in [0, 0.1) is 11.3 Å². The summed E-state index contributed by atoms with van der Waals surface area (Å²) < 4.78 is 38.7. The van der Waals surface area contributed by atoms with Gasteiger partial charge in [0, 0.05) is 18.5 Å². The average molecular weight is 520 g/mol. The van der Waals surface area contributed by atoms with Gasteiger partial charge in [-0.05, 0) is 36.6 Å². The van der Waals surface area contributed by atoms with Crippen LogP contribution in [0.1, 0.15) is 19.4 Å². The Labute approximate surface area is 213 Å². The van der Waals surface area contributed by atoms with Crippen molar-refractivity contribution in [1.82, 2.24) is 9.62 Å². The molecule has 1 fully saturated rings. The van der Waals surface area contributed by atoms with Crippen molar-refractivity contribution in [2.45, 2.75) is 37.3 Å². The molecule has 1 amide bonds. The number of carbonyl (C=O) groups excluding carboxylic acids is 1. The highest BCUT2D eigenvalue weighted by Crippen LogP contribution is 2.26. The number of aliphatic hydroxyl groups is 1. The fraction of sp³-hybridized carbons (Fsp3) is 0.500. The zero-order valence-electron chi connectivity index (χ0n) is 20.9. The zero-order valence-corrected chi connectivity index (χ0v) is 21.7. The first-order valence-corrected chi connectivity index (χ1v) is 13.6. The maximum absolute atomic E-state index is 13.4. The van der Waals surface area contributed by atoms with Crippen LogP contribution in [-0.4, -0.2) is 75.5 Å². The number of alkyl carbamates (subject to hydrolysis) is 1. The minimum Gasteiger partial charge on any atom is -0.449 e. The van der Waals surface area contributed by atoms with Crippen molar-refractivity contribution >= 4 is 16.1 Å². The molecule has 198 valence electrons. The summed E-state index contributed by atoms with van der Waals surface area (Å²) in [5.41, 5.74) is 6.44. The second kappa shape index (κ2) is 12.6. The van der Waals surface area contributed by atoms with Crippen LogP contribution in [0.2, 0.25) is 0 Å². The summed E-state index contributed by atoms with van der Waals surface area (Å²) in [5, 5.41) is 14.0. The lowest BCUT2D eigenvalue weighted by Gasteiger charge is -2.37. The number of carbonyl (C=O) groups is 1. The summed E-state index contributed by atoms with van der Waals surface area (Å²) >= 11 is 0. The third-order valence-electron chi connectivity index (χ3n) is 6.21. The molecule has 0 aromatic heterocycles. The number of amides is 1. The van der Waals surface area contributed by atoms with Crippen molar-refractivity contribution in [3.8, 4) is 0 Å². The van der Waals surface area contributed by atoms with E-state index in [9.17, 15) is 18.3 Å². The van der Waals surface area contributed by atoms with Crippen molar-refractivity contribution in [3.05, 3.63) is 66.2 Å². The van der Waals surface area contributed by atoms with Gasteiger partial charge in [-0.1, -0.05) is 62.4 Å². The number of aliphatic hydroxyl groups excluding tert-OH is 1. The predicted octanol–water partition coefficient (Wildman–Crippen LogP) is 2.01. The molecule has 2 aromatic carbocycles. The molecule has 0 spiro atoms. The number of hydrogen-bond acceptors (Lipinski definition) is 7. The molecule has 3 atom stereocenters. The number of nitrogens with zero attached hydrogens (tertiary/aromatic N) is 1. The third-order valence-corrected chi connectivity index (χ3v) is 8.05. The van der Waals surface area contributed by atoms with Gasteiger partial charge in [0.15, 0.2) is 0 Å². The minimum absolute atomic E-state index is 0.129. The number of ether oxygens (including phenoxy) is 2. The van der Waals surface area contributed by atoms with E-state index >= 15 is 0 Å². The Morgan fingerprint density at radius 1 is 1.14 bits per heavy atom. The molecule has 0 radical (unpaired) electrons. The molecule has 9 nitrogen and oxygen atoms in total. The Bertz CT molecular complexity index is 1060. The monoisotopic (exact) mass is 519 g/mol. The molecule has 10 heteroatoms. The van der Waals surface area contributed by atoms with Crippen LogP contribution in [-0.2, 0) is 25.9 Å². The number of sulfonamides is 1. The number of rotatable bonds is 13. The Hall–Kier alpha value is -2.50. The fourth-order valence-corrected chi connectivity index (χ4v) is 5.49. The van der Waals surface area contributed by atoms with Crippen molar-refractivity contribution in [1.29, 1.82) is 0 Å². The van der Waals surface area contributed by atoms with Gasteiger partial charge in [0.05, 0.1) is 30.3 Å². The largest absolute Gasteiger partial charge is 0.449 e. The van der Waals surface area contributed by atoms with Gasteiger partial charge in [-0.2, -0.15) is 4.31 Å². The highest BCUT2D eigenvalue weighted by molar-refractivity contribution is 7.89. The van der Waals surface area contributed by atoms with Gasteiger partial charge < -0.3 is 25.6 Å². The smallest absolute Gasteiger partial charge is 0.407 e. The number of nitrogens with one attached hydrogen (secondary N) is 1. The Morgan fingerprint density at radius 2 is 1.75 bits per heavy atom. The van der Waals surface area contributed by atoms with E-state index in [1.807, 2.05) is 44.2 Å². The van der Waals surface area contributed by atoms with Crippen LogP contribution >= 0.6 is 0 Å². The van der Waals surface area contributed by atoms with E-state index in [0.29, 0.717) is 19.6 Å². The predicted molar refractivity (Wildman–Crippen MR) is 137 cm³/mol. The fourth-order valence-electron chi connectivity index (χ4n) is 3.89. The molecule has 1 aliphatic heterocycles. The van der Waals surface area contributed by atoms with Crippen molar-refractivity contribution in [3.63, 3.8) is 0 Å². The van der Waals surface area contributed by atoms with Crippen LogP contribution < -0.4 is 11.1 Å². The normalized spacial score (nSPS) is 17.6. The average Bonchev–Trinajstić information content (AvgIpc) is 2.86. The lowest BCUT2D eigenvalue weighted by molar-refractivity contribution is -0.126. The Balaban J connectivity index is 1.78. The van der Waals surface area contributed by atoms with E-state index in [4.69, 9.17) is 15.2 Å². The second-order valence-corrected chi connectivity index (χ2v) is 11.8. The molecular formula is C26H37N3O6S. The van der Waals surface area contributed by atoms with Crippen molar-refractivity contribution < 1.29 is 27.8 Å². The molecule has 36 heavy (non-hydrogen) atoms. The van der Waals surface area contributed by atoms with E-state index in [1.54, 1.807) is 18.2 Å². The van der Waals surface area contributed by atoms with E-state index in [1.165, 1.54) is 16.4 Å². The molecule has 3 rings (SSSR count). The first-order valence-electron chi connectivity index (χ1n) is 12.1. The highest BCUT2D eigenvalue weighted by Gasteiger charge is 2.36. The van der Waals surface area contributed by atoms with E-state index in [2.05, 4.69) is 5.32 Å². The first kappa shape index (κ1) is 28.1. The number of nitrogens with two attached hydrogens (primary N) is 1. The van der Waals surface area contributed by atoms with Gasteiger partial charge in [-0.15, -0.1) is 0 Å². The standard InChI is InChI=1S/C26H37N3O6S/c1-20(14-27)15-29(36(32,33)22-11-7-4-8-12-22)16-24(30)23(13-21-9-5-3-6-10-21)28-25(31)35-19-26(2)17-34-18-26/h3-12,20,23-24,30H,13-19,27H2,1-2H3,(H,28,31)/t20?,23-,24+/m0/s1. The second-order valence-electron chi connectivity index (χ2n) is 9.86. The molecule has 1 unspecified atom stereocenters. The van der Waals surface area contributed by atoms with Crippen molar-refractivity contribution in [2.75, 3.05) is 39.5 Å². The minimum atomic E-state index is -3.90. The van der Waals surface area contributed by atoms with Gasteiger partial charge >= 0.3 is 6.09 Å². The summed E-state index contributed by atoms with van der Waals surface area (Å²) in [6.45, 7) is 5.24. The number of benzene rings is 2. The maximum atomic E-state index is 13.4. The molecule has 1 heterocycles. The summed E-state index contributed by atoms with van der Waals surface area (Å²) in [5.74, 6) is -0.133. The van der Waals surface area contributed by atoms with Crippen LogP contribution in [0.15, 0.2) is 65.6 Å². The quantitative estimate of drug-likeness (QED) is 0.369. The molecule has 2 aromatic rings. The third kappa shape index (κ3) is 7.75. The van der Waals surface area contributed by atoms with E-state index in [0.717, 1.165) is 5.56 Å². The first-order chi connectivity index (χ1) is 17.1. The van der Waals surface area contributed by atoms with Crippen LogP contribution in [0.3, 0.4) is 0 Å². The maximum Gasteiger partial charge on any atom is 0.407 e. The number of hydrogen-bond donors (Lipinski definition) is 3. The van der Waals surface area contributed by atoms with Gasteiger partial charge in [0.2, 0.25) is 10.0 Å². The summed E-state index contributed by atoms with van der Waals surface area (Å²) in [6, 6.07) is 16.7. The lowest BCUT2D eigenvalue weighted by Crippen LogP contribution is -2.52. The van der Waals surface area contributed by atoms with E-state index < -0.39 is 28.3 Å². The SMILES string of the molecule is CC(CN)CN(C[C@@H](O)[C@H](Cc1ccccc1)NC(=O)OCC1(C)COC1)S(=O)(=O)c1ccccc1. The van der Waals surface area contributed by atoms with Gasteiger partial charge in [0.25, 0.3) is 0 Å². The molecule has 0 saturated carbocycles. The van der Waals surface area contributed by atoms with Crippen LogP contribution in [0.5, 0.6) is 0 Å². The Morgan fingerprint density at radius 3 is 2.31 bits per heavy atom. The summed E-state index contributed by atoms with van der Waals surface area (Å²) in [4.78, 5) is 12.8. The topological polar surface area (TPSA) is 131 Å². The van der Waals surface area contributed by atoms with Crippen LogP contribution in [0.4, 0.5) is 4.79 Å². The molecule has 1 saturated heterocycles. The van der Waals surface area contributed by atoms with Gasteiger partial charge in [-0.3, -0.25) is 0 Å². The molecule has 1 aliphatic rings. The van der Waals surface area contributed by atoms with Gasteiger partial charge in [-0.25, -0.2) is 13.2 Å². The van der Waals surface area contributed by atoms with Crippen molar-refractivity contribution in [2.24, 2.45) is 17.1 Å². The molecule has 4 N–H and O–H groups in total. The molecular weight excluding hydrogens is 482 g/mol. The van der Waals surface area contributed by atoms with Crippen LogP contribution in [0.25, 0.3) is 0 Å². The van der Waals surface area contributed by atoms with Gasteiger partial charge in [0.1, 0.15) is 6.61 Å². The lowest BCUT2D eigenvalue weighted by atomic mass is 9.90.